The second-order valence-corrected chi connectivity index (χ2v) is 6.66. The molecule has 3 rings (SSSR count). The summed E-state index contributed by atoms with van der Waals surface area (Å²) in [6, 6.07) is 6.01. The van der Waals surface area contributed by atoms with E-state index in [4.69, 9.17) is 4.98 Å². The molecule has 1 amide bonds. The fourth-order valence-electron chi connectivity index (χ4n) is 2.70. The summed E-state index contributed by atoms with van der Waals surface area (Å²) in [6.07, 6.45) is 1.93. The zero-order valence-electron chi connectivity index (χ0n) is 12.7. The van der Waals surface area contributed by atoms with Gasteiger partial charge in [-0.1, -0.05) is 17.4 Å². The van der Waals surface area contributed by atoms with E-state index in [1.807, 2.05) is 24.0 Å². The van der Waals surface area contributed by atoms with Gasteiger partial charge in [0, 0.05) is 31.6 Å². The van der Waals surface area contributed by atoms with Crippen LogP contribution in [0.4, 0.5) is 10.9 Å². The number of amides is 1. The monoisotopic (exact) mass is 317 g/mol. The first kappa shape index (κ1) is 14.9. The van der Waals surface area contributed by atoms with Crippen molar-refractivity contribution in [1.29, 1.82) is 0 Å². The third-order valence-corrected chi connectivity index (χ3v) is 4.64. The quantitative estimate of drug-likeness (QED) is 0.942. The molecule has 2 aromatic heterocycles. The van der Waals surface area contributed by atoms with Gasteiger partial charge in [0.1, 0.15) is 10.8 Å². The SMILES string of the molecule is CC(=O)N1CCC(c2cccc(Nc3nnc(C)s3)n2)CC1. The molecule has 3 heterocycles. The Balaban J connectivity index is 1.68. The van der Waals surface area contributed by atoms with E-state index >= 15 is 0 Å². The van der Waals surface area contributed by atoms with Gasteiger partial charge < -0.3 is 10.2 Å². The highest BCUT2D eigenvalue weighted by atomic mass is 32.1. The number of aryl methyl sites for hydroxylation is 1. The van der Waals surface area contributed by atoms with E-state index in [1.165, 1.54) is 11.3 Å². The Bertz CT molecular complexity index is 663. The summed E-state index contributed by atoms with van der Waals surface area (Å²) in [7, 11) is 0. The minimum atomic E-state index is 0.161. The molecule has 0 spiro atoms. The molecule has 1 saturated heterocycles. The van der Waals surface area contributed by atoms with E-state index in [0.717, 1.165) is 47.6 Å². The standard InChI is InChI=1S/C15H19N5OS/c1-10-18-19-15(22-10)17-14-5-3-4-13(16-14)12-6-8-20(9-7-12)11(2)21/h3-5,12H,6-9H2,1-2H3,(H,16,17,19). The summed E-state index contributed by atoms with van der Waals surface area (Å²) < 4.78 is 0. The maximum absolute atomic E-state index is 11.4. The smallest absolute Gasteiger partial charge is 0.219 e. The van der Waals surface area contributed by atoms with Gasteiger partial charge in [0.05, 0.1) is 0 Å². The second-order valence-electron chi connectivity index (χ2n) is 5.48. The fourth-order valence-corrected chi connectivity index (χ4v) is 3.29. The Morgan fingerprint density at radius 3 is 2.73 bits per heavy atom. The predicted molar refractivity (Wildman–Crippen MR) is 86.4 cm³/mol. The Morgan fingerprint density at radius 1 is 1.32 bits per heavy atom. The Morgan fingerprint density at radius 2 is 2.09 bits per heavy atom. The molecule has 0 radical (unpaired) electrons. The van der Waals surface area contributed by atoms with Gasteiger partial charge in [0.2, 0.25) is 11.0 Å². The molecule has 0 bridgehead atoms. The van der Waals surface area contributed by atoms with Crippen LogP contribution in [0.15, 0.2) is 18.2 Å². The van der Waals surface area contributed by atoms with E-state index in [1.54, 1.807) is 6.92 Å². The number of anilines is 2. The molecule has 0 unspecified atom stereocenters. The van der Waals surface area contributed by atoms with Crippen LogP contribution in [0, 0.1) is 6.92 Å². The Hall–Kier alpha value is -2.02. The zero-order chi connectivity index (χ0) is 15.5. The van der Waals surface area contributed by atoms with Gasteiger partial charge in [-0.2, -0.15) is 0 Å². The first-order chi connectivity index (χ1) is 10.6. The number of hydrogen-bond acceptors (Lipinski definition) is 6. The molecular formula is C15H19N5OS. The normalized spacial score (nSPS) is 15.8. The molecule has 1 N–H and O–H groups in total. The number of pyridine rings is 1. The third-order valence-electron chi connectivity index (χ3n) is 3.89. The lowest BCUT2D eigenvalue weighted by atomic mass is 9.93. The molecule has 1 aliphatic heterocycles. The number of nitrogens with one attached hydrogen (secondary N) is 1. The summed E-state index contributed by atoms with van der Waals surface area (Å²) in [6.45, 7) is 5.19. The van der Waals surface area contributed by atoms with Crippen LogP contribution in [-0.2, 0) is 4.79 Å². The molecular weight excluding hydrogens is 298 g/mol. The lowest BCUT2D eigenvalue weighted by molar-refractivity contribution is -0.129. The molecule has 0 saturated carbocycles. The summed E-state index contributed by atoms with van der Waals surface area (Å²) in [5, 5.41) is 12.9. The highest BCUT2D eigenvalue weighted by Crippen LogP contribution is 2.28. The van der Waals surface area contributed by atoms with Crippen molar-refractivity contribution in [2.45, 2.75) is 32.6 Å². The van der Waals surface area contributed by atoms with Crippen LogP contribution in [0.25, 0.3) is 0 Å². The first-order valence-electron chi connectivity index (χ1n) is 7.41. The van der Waals surface area contributed by atoms with Crippen molar-refractivity contribution in [3.63, 3.8) is 0 Å². The van der Waals surface area contributed by atoms with Gasteiger partial charge in [0.25, 0.3) is 0 Å². The van der Waals surface area contributed by atoms with Crippen molar-refractivity contribution in [2.24, 2.45) is 0 Å². The van der Waals surface area contributed by atoms with Crippen molar-refractivity contribution < 1.29 is 4.79 Å². The molecule has 1 aliphatic rings. The van der Waals surface area contributed by atoms with Crippen molar-refractivity contribution in [1.82, 2.24) is 20.1 Å². The van der Waals surface area contributed by atoms with Gasteiger partial charge in [-0.3, -0.25) is 4.79 Å². The van der Waals surface area contributed by atoms with Crippen LogP contribution in [0.3, 0.4) is 0 Å². The molecule has 1 fully saturated rings. The molecule has 7 heteroatoms. The van der Waals surface area contributed by atoms with Gasteiger partial charge in [0.15, 0.2) is 0 Å². The molecule has 0 aromatic carbocycles. The minimum Gasteiger partial charge on any atom is -0.343 e. The number of likely N-dealkylation sites (tertiary alicyclic amines) is 1. The van der Waals surface area contributed by atoms with E-state index < -0.39 is 0 Å². The fraction of sp³-hybridized carbons (Fsp3) is 0.467. The summed E-state index contributed by atoms with van der Waals surface area (Å²) in [5.74, 6) is 1.37. The van der Waals surface area contributed by atoms with Crippen molar-refractivity contribution in [3.05, 3.63) is 28.9 Å². The molecule has 6 nitrogen and oxygen atoms in total. The van der Waals surface area contributed by atoms with E-state index in [2.05, 4.69) is 21.6 Å². The first-order valence-corrected chi connectivity index (χ1v) is 8.23. The number of aromatic nitrogens is 3. The minimum absolute atomic E-state index is 0.161. The largest absolute Gasteiger partial charge is 0.343 e. The Labute approximate surface area is 133 Å². The van der Waals surface area contributed by atoms with E-state index in [0.29, 0.717) is 5.92 Å². The van der Waals surface area contributed by atoms with Crippen molar-refractivity contribution >= 4 is 28.2 Å². The van der Waals surface area contributed by atoms with Crippen LogP contribution in [0.5, 0.6) is 0 Å². The maximum Gasteiger partial charge on any atom is 0.219 e. The molecule has 0 atom stereocenters. The zero-order valence-corrected chi connectivity index (χ0v) is 13.6. The summed E-state index contributed by atoms with van der Waals surface area (Å²) in [4.78, 5) is 18.0. The predicted octanol–water partition coefficient (Wildman–Crippen LogP) is 2.71. The number of carbonyl (C=O) groups is 1. The summed E-state index contributed by atoms with van der Waals surface area (Å²) >= 11 is 1.51. The van der Waals surface area contributed by atoms with E-state index in [-0.39, 0.29) is 5.91 Å². The van der Waals surface area contributed by atoms with Crippen LogP contribution < -0.4 is 5.32 Å². The molecule has 0 aliphatic carbocycles. The lowest BCUT2D eigenvalue weighted by Crippen LogP contribution is -2.36. The number of piperidine rings is 1. The average molecular weight is 317 g/mol. The third kappa shape index (κ3) is 3.41. The topological polar surface area (TPSA) is 71.0 Å². The summed E-state index contributed by atoms with van der Waals surface area (Å²) in [5.41, 5.74) is 1.08. The number of nitrogens with zero attached hydrogens (tertiary/aromatic N) is 4. The number of carbonyl (C=O) groups excluding carboxylic acids is 1. The van der Waals surface area contributed by atoms with E-state index in [9.17, 15) is 4.79 Å². The Kier molecular flexibility index (Phi) is 4.33. The van der Waals surface area contributed by atoms with Gasteiger partial charge >= 0.3 is 0 Å². The molecule has 22 heavy (non-hydrogen) atoms. The van der Waals surface area contributed by atoms with Crippen LogP contribution in [0.2, 0.25) is 0 Å². The number of hydrogen-bond donors (Lipinski definition) is 1. The van der Waals surface area contributed by atoms with Crippen LogP contribution >= 0.6 is 11.3 Å². The average Bonchev–Trinajstić information content (AvgIpc) is 2.93. The second kappa shape index (κ2) is 6.39. The van der Waals surface area contributed by atoms with Crippen LogP contribution in [0.1, 0.15) is 36.4 Å². The highest BCUT2D eigenvalue weighted by molar-refractivity contribution is 7.15. The van der Waals surface area contributed by atoms with Crippen LogP contribution in [-0.4, -0.2) is 39.1 Å². The highest BCUT2D eigenvalue weighted by Gasteiger charge is 2.22. The maximum atomic E-state index is 11.4. The van der Waals surface area contributed by atoms with Crippen molar-refractivity contribution in [2.75, 3.05) is 18.4 Å². The van der Waals surface area contributed by atoms with Gasteiger partial charge in [-0.25, -0.2) is 4.98 Å². The van der Waals surface area contributed by atoms with Gasteiger partial charge in [-0.15, -0.1) is 10.2 Å². The van der Waals surface area contributed by atoms with Gasteiger partial charge in [-0.05, 0) is 31.9 Å². The number of rotatable bonds is 3. The van der Waals surface area contributed by atoms with Crippen molar-refractivity contribution in [3.8, 4) is 0 Å². The molecule has 2 aromatic rings. The molecule has 116 valence electrons. The lowest BCUT2D eigenvalue weighted by Gasteiger charge is -2.31.